The number of nitrogens with zero attached hydrogens (tertiary/aromatic N) is 1. The molecule has 0 amide bonds. The first-order valence-electron chi connectivity index (χ1n) is 7.49. The minimum Gasteiger partial charge on any atom is -0.473 e. The number of carbonyl (C=O) groups is 1. The van der Waals surface area contributed by atoms with E-state index in [0.717, 1.165) is 12.0 Å². The Labute approximate surface area is 136 Å². The van der Waals surface area contributed by atoms with Crippen LogP contribution in [-0.2, 0) is 16.0 Å². The highest BCUT2D eigenvalue weighted by atomic mass is 16.5. The van der Waals surface area contributed by atoms with E-state index >= 15 is 0 Å². The van der Waals surface area contributed by atoms with Crippen LogP contribution in [0, 0.1) is 5.41 Å². The molecule has 23 heavy (non-hydrogen) atoms. The summed E-state index contributed by atoms with van der Waals surface area (Å²) in [5, 5.41) is 7.55. The van der Waals surface area contributed by atoms with E-state index in [1.54, 1.807) is 18.7 Å². The number of esters is 1. The lowest BCUT2D eigenvalue weighted by atomic mass is 10.1. The predicted molar refractivity (Wildman–Crippen MR) is 90.9 cm³/mol. The molecular weight excluding hydrogens is 292 g/mol. The van der Waals surface area contributed by atoms with Crippen molar-refractivity contribution in [1.82, 2.24) is 0 Å². The molecule has 5 nitrogen and oxygen atoms in total. The van der Waals surface area contributed by atoms with Gasteiger partial charge in [0.05, 0.1) is 12.5 Å². The number of ether oxygens (including phenoxy) is 1. The van der Waals surface area contributed by atoms with E-state index in [1.165, 1.54) is 0 Å². The molecule has 122 valence electrons. The SMILES string of the molecule is CCC=NCC(=O)OC(=N)CCc1ccccc1.c1ccoc1. The lowest BCUT2D eigenvalue weighted by molar-refractivity contribution is -0.134. The molecule has 1 aromatic heterocycles. The summed E-state index contributed by atoms with van der Waals surface area (Å²) in [6.07, 6.45) is 6.83. The van der Waals surface area contributed by atoms with Gasteiger partial charge in [-0.3, -0.25) is 10.4 Å². The second-order valence-corrected chi connectivity index (χ2v) is 4.61. The quantitative estimate of drug-likeness (QED) is 0.499. The number of benzene rings is 1. The predicted octanol–water partition coefficient (Wildman–Crippen LogP) is 3.90. The molecule has 0 unspecified atom stereocenters. The topological polar surface area (TPSA) is 75.7 Å². The highest BCUT2D eigenvalue weighted by Gasteiger charge is 2.06. The van der Waals surface area contributed by atoms with Crippen LogP contribution in [0.5, 0.6) is 0 Å². The molecule has 0 saturated heterocycles. The molecule has 1 N–H and O–H groups in total. The zero-order valence-corrected chi connectivity index (χ0v) is 13.3. The van der Waals surface area contributed by atoms with Crippen molar-refractivity contribution in [2.24, 2.45) is 4.99 Å². The number of furan rings is 1. The van der Waals surface area contributed by atoms with Gasteiger partial charge in [0.15, 0.2) is 5.90 Å². The van der Waals surface area contributed by atoms with Crippen LogP contribution >= 0.6 is 0 Å². The zero-order chi connectivity index (χ0) is 16.8. The van der Waals surface area contributed by atoms with Gasteiger partial charge < -0.3 is 9.15 Å². The van der Waals surface area contributed by atoms with Gasteiger partial charge in [-0.15, -0.1) is 0 Å². The summed E-state index contributed by atoms with van der Waals surface area (Å²) in [6, 6.07) is 13.5. The van der Waals surface area contributed by atoms with Crippen molar-refractivity contribution in [1.29, 1.82) is 5.41 Å². The van der Waals surface area contributed by atoms with Crippen LogP contribution in [0.2, 0.25) is 0 Å². The smallest absolute Gasteiger partial charge is 0.334 e. The van der Waals surface area contributed by atoms with Gasteiger partial charge in [-0.2, -0.15) is 0 Å². The van der Waals surface area contributed by atoms with E-state index < -0.39 is 5.97 Å². The fourth-order valence-corrected chi connectivity index (χ4v) is 1.62. The second kappa shape index (κ2) is 11.9. The molecule has 0 saturated carbocycles. The Bertz CT molecular complexity index is 560. The van der Waals surface area contributed by atoms with Crippen LogP contribution in [0.4, 0.5) is 0 Å². The van der Waals surface area contributed by atoms with Crippen LogP contribution in [0.1, 0.15) is 25.3 Å². The zero-order valence-electron chi connectivity index (χ0n) is 13.3. The summed E-state index contributed by atoms with van der Waals surface area (Å²) in [5.74, 6) is -0.478. The summed E-state index contributed by atoms with van der Waals surface area (Å²) in [5.41, 5.74) is 1.13. The number of carbonyl (C=O) groups excluding carboxylic acids is 1. The van der Waals surface area contributed by atoms with Crippen LogP contribution in [-0.4, -0.2) is 24.6 Å². The van der Waals surface area contributed by atoms with Gasteiger partial charge in [-0.05, 0) is 36.8 Å². The summed E-state index contributed by atoms with van der Waals surface area (Å²) in [6.45, 7) is 1.93. The molecule has 0 radical (unpaired) electrons. The van der Waals surface area contributed by atoms with E-state index in [0.29, 0.717) is 12.8 Å². The van der Waals surface area contributed by atoms with Crippen molar-refractivity contribution >= 4 is 18.1 Å². The molecule has 0 spiro atoms. The number of nitrogens with one attached hydrogen (secondary N) is 1. The Morgan fingerprint density at radius 2 is 1.91 bits per heavy atom. The molecule has 1 aromatic carbocycles. The van der Waals surface area contributed by atoms with Crippen LogP contribution in [0.25, 0.3) is 0 Å². The van der Waals surface area contributed by atoms with Crippen molar-refractivity contribution in [2.75, 3.05) is 6.54 Å². The molecule has 0 aliphatic heterocycles. The van der Waals surface area contributed by atoms with Gasteiger partial charge in [-0.25, -0.2) is 4.79 Å². The summed E-state index contributed by atoms with van der Waals surface area (Å²) in [7, 11) is 0. The Kier molecular flexibility index (Phi) is 9.51. The molecule has 0 aliphatic carbocycles. The third-order valence-corrected chi connectivity index (χ3v) is 2.68. The third-order valence-electron chi connectivity index (χ3n) is 2.68. The molecule has 1 heterocycles. The molecule has 2 rings (SSSR count). The number of hydrogen-bond acceptors (Lipinski definition) is 5. The molecule has 0 bridgehead atoms. The molecule has 5 heteroatoms. The number of hydrogen-bond donors (Lipinski definition) is 1. The highest BCUT2D eigenvalue weighted by molar-refractivity contribution is 5.88. The highest BCUT2D eigenvalue weighted by Crippen LogP contribution is 2.03. The average molecular weight is 314 g/mol. The minimum absolute atomic E-state index is 0.00412. The molecule has 0 atom stereocenters. The standard InChI is InChI=1S/C14H18N2O2.C4H4O/c1-2-10-16-11-14(17)18-13(15)9-8-12-6-4-3-5-7-12;1-2-4-5-3-1/h3-7,10,15H,2,8-9,11H2,1H3;1-4H. The Hall–Kier alpha value is -2.69. The van der Waals surface area contributed by atoms with Gasteiger partial charge in [0.25, 0.3) is 0 Å². The average Bonchev–Trinajstić information content (AvgIpc) is 3.14. The van der Waals surface area contributed by atoms with Crippen molar-refractivity contribution in [2.45, 2.75) is 26.2 Å². The van der Waals surface area contributed by atoms with Crippen molar-refractivity contribution in [3.63, 3.8) is 0 Å². The lowest BCUT2D eigenvalue weighted by Gasteiger charge is -2.04. The van der Waals surface area contributed by atoms with E-state index in [-0.39, 0.29) is 12.4 Å². The fraction of sp³-hybridized carbons (Fsp3) is 0.278. The van der Waals surface area contributed by atoms with E-state index in [2.05, 4.69) is 9.41 Å². The van der Waals surface area contributed by atoms with Crippen molar-refractivity contribution < 1.29 is 13.9 Å². The van der Waals surface area contributed by atoms with Crippen molar-refractivity contribution in [3.8, 4) is 0 Å². The molecule has 0 fully saturated rings. The van der Waals surface area contributed by atoms with E-state index in [9.17, 15) is 4.79 Å². The van der Waals surface area contributed by atoms with Gasteiger partial charge in [-0.1, -0.05) is 37.3 Å². The first kappa shape index (κ1) is 18.4. The monoisotopic (exact) mass is 314 g/mol. The summed E-state index contributed by atoms with van der Waals surface area (Å²) < 4.78 is 9.43. The van der Waals surface area contributed by atoms with Crippen LogP contribution in [0.15, 0.2) is 64.4 Å². The van der Waals surface area contributed by atoms with Crippen molar-refractivity contribution in [3.05, 3.63) is 60.6 Å². The number of aliphatic imine (C=N–C) groups is 1. The maximum Gasteiger partial charge on any atom is 0.334 e. The first-order chi connectivity index (χ1) is 11.2. The first-order valence-corrected chi connectivity index (χ1v) is 7.49. The fourth-order valence-electron chi connectivity index (χ4n) is 1.62. The summed E-state index contributed by atoms with van der Waals surface area (Å²) >= 11 is 0. The molecular formula is C18H22N2O3. The van der Waals surface area contributed by atoms with Crippen LogP contribution < -0.4 is 0 Å². The number of rotatable bonds is 6. The van der Waals surface area contributed by atoms with Gasteiger partial charge in [0.2, 0.25) is 0 Å². The second-order valence-electron chi connectivity index (χ2n) is 4.61. The van der Waals surface area contributed by atoms with E-state index in [1.807, 2.05) is 49.4 Å². The van der Waals surface area contributed by atoms with Gasteiger partial charge >= 0.3 is 5.97 Å². The maximum atomic E-state index is 11.3. The molecule has 0 aliphatic rings. The number of aryl methyl sites for hydroxylation is 1. The normalized spacial score (nSPS) is 9.96. The Morgan fingerprint density at radius 3 is 2.48 bits per heavy atom. The third kappa shape index (κ3) is 9.79. The largest absolute Gasteiger partial charge is 0.473 e. The van der Waals surface area contributed by atoms with Gasteiger partial charge in [0.1, 0.15) is 6.54 Å². The Morgan fingerprint density at radius 1 is 1.22 bits per heavy atom. The lowest BCUT2D eigenvalue weighted by Crippen LogP contribution is -2.14. The maximum absolute atomic E-state index is 11.3. The van der Waals surface area contributed by atoms with E-state index in [4.69, 9.17) is 10.1 Å². The minimum atomic E-state index is -0.474. The Balaban J connectivity index is 0.000000446. The van der Waals surface area contributed by atoms with Gasteiger partial charge in [0, 0.05) is 6.42 Å². The summed E-state index contributed by atoms with van der Waals surface area (Å²) in [4.78, 5) is 15.1. The molecule has 2 aromatic rings. The van der Waals surface area contributed by atoms with Crippen LogP contribution in [0.3, 0.4) is 0 Å².